The first kappa shape index (κ1) is 15.3. The zero-order valence-electron chi connectivity index (χ0n) is 9.98. The Bertz CT molecular complexity index is 664. The first-order valence-electron chi connectivity index (χ1n) is 5.47. The van der Waals surface area contributed by atoms with Gasteiger partial charge in [0.25, 0.3) is 5.69 Å². The van der Waals surface area contributed by atoms with Crippen molar-refractivity contribution in [3.63, 3.8) is 0 Å². The lowest BCUT2D eigenvalue weighted by atomic mass is 10.2. The van der Waals surface area contributed by atoms with Crippen molar-refractivity contribution in [1.82, 2.24) is 0 Å². The third kappa shape index (κ3) is 3.71. The molecule has 0 spiro atoms. The van der Waals surface area contributed by atoms with E-state index in [2.05, 4.69) is 31.9 Å². The summed E-state index contributed by atoms with van der Waals surface area (Å²) in [5.41, 5.74) is 0.855. The number of nitro benzene ring substituents is 1. The second-order valence-corrected chi connectivity index (χ2v) is 5.80. The Balaban J connectivity index is 2.39. The third-order valence-corrected chi connectivity index (χ3v) is 3.76. The quantitative estimate of drug-likeness (QED) is 0.362. The lowest BCUT2D eigenvalue weighted by Crippen LogP contribution is -1.92. The number of ether oxygens (including phenoxy) is 1. The predicted molar refractivity (Wildman–Crippen MR) is 85.0 cm³/mol. The highest BCUT2D eigenvalue weighted by molar-refractivity contribution is 9.10. The van der Waals surface area contributed by atoms with Crippen LogP contribution in [0, 0.1) is 10.1 Å². The minimum Gasteiger partial charge on any atom is -0.457 e. The number of hydrogen-bond acceptors (Lipinski definition) is 3. The maximum atomic E-state index is 10.8. The molecule has 0 amide bonds. The van der Waals surface area contributed by atoms with Gasteiger partial charge in [-0.3, -0.25) is 10.1 Å². The maximum Gasteiger partial charge on any atom is 0.274 e. The van der Waals surface area contributed by atoms with Crippen molar-refractivity contribution in [2.24, 2.45) is 0 Å². The first-order chi connectivity index (χ1) is 9.49. The molecule has 0 unspecified atom stereocenters. The Morgan fingerprint density at radius 2 is 2.00 bits per heavy atom. The van der Waals surface area contributed by atoms with Crippen molar-refractivity contribution < 1.29 is 9.66 Å². The fraction of sp³-hybridized carbons (Fsp3) is 0.0769. The molecule has 0 saturated carbocycles. The highest BCUT2D eigenvalue weighted by Crippen LogP contribution is 2.33. The van der Waals surface area contributed by atoms with Gasteiger partial charge in [0.15, 0.2) is 0 Å². The van der Waals surface area contributed by atoms with Crippen molar-refractivity contribution in [3.8, 4) is 11.5 Å². The lowest BCUT2D eigenvalue weighted by molar-refractivity contribution is -0.385. The molecular weight excluding hydrogens is 413 g/mol. The van der Waals surface area contributed by atoms with Gasteiger partial charge in [0.05, 0.1) is 11.0 Å². The van der Waals surface area contributed by atoms with Crippen LogP contribution in [0.2, 0.25) is 5.02 Å². The van der Waals surface area contributed by atoms with Gasteiger partial charge in [-0.2, -0.15) is 0 Å². The summed E-state index contributed by atoms with van der Waals surface area (Å²) in [6, 6.07) is 9.70. The SMILES string of the molecule is O=[N+]([O-])c1cc(Br)cc(Oc2cc(Cl)ccc2CBr)c1. The third-order valence-electron chi connectivity index (χ3n) is 2.47. The van der Waals surface area contributed by atoms with Crippen LogP contribution >= 0.6 is 43.5 Å². The van der Waals surface area contributed by atoms with Gasteiger partial charge in [-0.25, -0.2) is 0 Å². The van der Waals surface area contributed by atoms with E-state index >= 15 is 0 Å². The van der Waals surface area contributed by atoms with Crippen molar-refractivity contribution in [3.05, 3.63) is 61.6 Å². The average Bonchev–Trinajstić information content (AvgIpc) is 2.38. The summed E-state index contributed by atoms with van der Waals surface area (Å²) in [5, 5.41) is 12.0. The number of non-ortho nitro benzene ring substituents is 1. The van der Waals surface area contributed by atoms with Gasteiger partial charge in [-0.1, -0.05) is 49.5 Å². The normalized spacial score (nSPS) is 10.3. The first-order valence-corrected chi connectivity index (χ1v) is 7.76. The highest BCUT2D eigenvalue weighted by atomic mass is 79.9. The molecule has 20 heavy (non-hydrogen) atoms. The Kier molecular flexibility index (Phi) is 5.01. The smallest absolute Gasteiger partial charge is 0.274 e. The molecule has 2 rings (SSSR count). The van der Waals surface area contributed by atoms with Crippen molar-refractivity contribution >= 4 is 49.1 Å². The minimum absolute atomic E-state index is 0.0446. The molecule has 0 aliphatic carbocycles. The summed E-state index contributed by atoms with van der Waals surface area (Å²) in [7, 11) is 0. The molecule has 0 saturated heterocycles. The van der Waals surface area contributed by atoms with E-state index in [-0.39, 0.29) is 5.69 Å². The van der Waals surface area contributed by atoms with E-state index in [0.29, 0.717) is 26.3 Å². The predicted octanol–water partition coefficient (Wildman–Crippen LogP) is 5.70. The minimum atomic E-state index is -0.471. The number of benzene rings is 2. The second-order valence-electron chi connectivity index (χ2n) is 3.89. The molecule has 0 bridgehead atoms. The molecule has 4 nitrogen and oxygen atoms in total. The lowest BCUT2D eigenvalue weighted by Gasteiger charge is -2.10. The molecule has 0 aliphatic rings. The molecule has 0 aromatic heterocycles. The van der Waals surface area contributed by atoms with Gasteiger partial charge in [-0.15, -0.1) is 0 Å². The zero-order valence-corrected chi connectivity index (χ0v) is 13.9. The van der Waals surface area contributed by atoms with E-state index < -0.39 is 4.92 Å². The van der Waals surface area contributed by atoms with Gasteiger partial charge in [0, 0.05) is 26.5 Å². The van der Waals surface area contributed by atoms with Gasteiger partial charge < -0.3 is 4.74 Å². The van der Waals surface area contributed by atoms with E-state index in [9.17, 15) is 10.1 Å². The van der Waals surface area contributed by atoms with Crippen LogP contribution in [0.4, 0.5) is 5.69 Å². The largest absolute Gasteiger partial charge is 0.457 e. The summed E-state index contributed by atoms with van der Waals surface area (Å²) in [6.07, 6.45) is 0. The van der Waals surface area contributed by atoms with E-state index in [4.69, 9.17) is 16.3 Å². The number of rotatable bonds is 4. The number of hydrogen-bond donors (Lipinski definition) is 0. The molecule has 2 aromatic carbocycles. The average molecular weight is 421 g/mol. The maximum absolute atomic E-state index is 10.8. The zero-order chi connectivity index (χ0) is 14.7. The van der Waals surface area contributed by atoms with Crippen LogP contribution in [0.1, 0.15) is 5.56 Å². The van der Waals surface area contributed by atoms with Crippen LogP contribution in [0.3, 0.4) is 0 Å². The fourth-order valence-electron chi connectivity index (χ4n) is 1.57. The molecule has 7 heteroatoms. The fourth-order valence-corrected chi connectivity index (χ4v) is 2.66. The molecule has 0 aliphatic heterocycles. The van der Waals surface area contributed by atoms with Crippen molar-refractivity contribution in [1.29, 1.82) is 0 Å². The van der Waals surface area contributed by atoms with Crippen molar-refractivity contribution in [2.75, 3.05) is 0 Å². The summed E-state index contributed by atoms with van der Waals surface area (Å²) >= 11 is 12.5. The number of halogens is 3. The van der Waals surface area contributed by atoms with Crippen molar-refractivity contribution in [2.45, 2.75) is 5.33 Å². The van der Waals surface area contributed by atoms with E-state index in [0.717, 1.165) is 5.56 Å². The molecule has 2 aromatic rings. The Morgan fingerprint density at radius 3 is 2.65 bits per heavy atom. The standard InChI is InChI=1S/C13H8Br2ClNO3/c14-7-8-1-2-10(16)5-13(8)20-12-4-9(15)3-11(6-12)17(18)19/h1-6H,7H2. The topological polar surface area (TPSA) is 52.4 Å². The monoisotopic (exact) mass is 419 g/mol. The van der Waals surface area contributed by atoms with Gasteiger partial charge in [0.1, 0.15) is 11.5 Å². The summed E-state index contributed by atoms with van der Waals surface area (Å²) < 4.78 is 6.28. The molecular formula is C13H8Br2ClNO3. The van der Waals surface area contributed by atoms with E-state index in [1.54, 1.807) is 18.2 Å². The highest BCUT2D eigenvalue weighted by Gasteiger charge is 2.12. The summed E-state index contributed by atoms with van der Waals surface area (Å²) in [5.74, 6) is 0.928. The molecule has 0 radical (unpaired) electrons. The molecule has 0 fully saturated rings. The van der Waals surface area contributed by atoms with Crippen LogP contribution in [-0.2, 0) is 5.33 Å². The number of nitro groups is 1. The van der Waals surface area contributed by atoms with Crippen LogP contribution < -0.4 is 4.74 Å². The molecule has 0 heterocycles. The number of alkyl halides is 1. The van der Waals surface area contributed by atoms with Crippen LogP contribution in [0.15, 0.2) is 40.9 Å². The molecule has 104 valence electrons. The molecule has 0 N–H and O–H groups in total. The number of nitrogens with zero attached hydrogens (tertiary/aromatic N) is 1. The summed E-state index contributed by atoms with van der Waals surface area (Å²) in [6.45, 7) is 0. The Morgan fingerprint density at radius 1 is 1.25 bits per heavy atom. The molecule has 0 atom stereocenters. The van der Waals surface area contributed by atoms with Gasteiger partial charge in [-0.05, 0) is 18.2 Å². The summed E-state index contributed by atoms with van der Waals surface area (Å²) in [4.78, 5) is 10.4. The van der Waals surface area contributed by atoms with Crippen LogP contribution in [-0.4, -0.2) is 4.92 Å². The van der Waals surface area contributed by atoms with Gasteiger partial charge in [0.2, 0.25) is 0 Å². The van der Waals surface area contributed by atoms with E-state index in [1.807, 2.05) is 6.07 Å². The van der Waals surface area contributed by atoms with Crippen LogP contribution in [0.5, 0.6) is 11.5 Å². The Hall–Kier alpha value is -1.11. The Labute approximate surface area is 137 Å². The van der Waals surface area contributed by atoms with Gasteiger partial charge >= 0.3 is 0 Å². The van der Waals surface area contributed by atoms with Crippen LogP contribution in [0.25, 0.3) is 0 Å². The second kappa shape index (κ2) is 6.56. The van der Waals surface area contributed by atoms with E-state index in [1.165, 1.54) is 12.1 Å².